The Labute approximate surface area is 108 Å². The summed E-state index contributed by atoms with van der Waals surface area (Å²) in [6.45, 7) is 5.76. The normalized spacial score (nSPS) is 13.8. The number of nitrogens with one attached hydrogen (secondary N) is 1. The van der Waals surface area contributed by atoms with Crippen molar-refractivity contribution in [2.45, 2.75) is 39.2 Å². The van der Waals surface area contributed by atoms with Crippen LogP contribution in [0.5, 0.6) is 0 Å². The molecule has 0 aliphatic rings. The molecule has 0 saturated heterocycles. The molecule has 1 unspecified atom stereocenters. The second-order valence-corrected chi connectivity index (χ2v) is 4.48. The molecule has 0 aromatic carbocycles. The fourth-order valence-corrected chi connectivity index (χ4v) is 1.62. The molecule has 1 atom stereocenters. The van der Waals surface area contributed by atoms with Gasteiger partial charge in [0, 0.05) is 6.08 Å². The predicted molar refractivity (Wildman–Crippen MR) is 70.0 cm³/mol. The van der Waals surface area contributed by atoms with Crippen molar-refractivity contribution in [3.63, 3.8) is 0 Å². The van der Waals surface area contributed by atoms with E-state index >= 15 is 0 Å². The number of amides is 1. The third-order valence-electron chi connectivity index (χ3n) is 2.90. The maximum Gasteiger partial charge on any atom is 0.244 e. The van der Waals surface area contributed by atoms with Crippen LogP contribution in [-0.2, 0) is 10.4 Å². The number of hydrogen-bond acceptors (Lipinski definition) is 3. The molecule has 0 saturated carbocycles. The topological polar surface area (TPSA) is 62.5 Å². The standard InChI is InChI=1S/C14H21NO3/c1-4-11(5-2)9-13(16)15-10-14(3,17)12-7-6-8-18-12/h6-9,17H,4-5,10H2,1-3H3,(H,15,16). The summed E-state index contributed by atoms with van der Waals surface area (Å²) in [4.78, 5) is 11.7. The van der Waals surface area contributed by atoms with Crippen LogP contribution in [-0.4, -0.2) is 17.6 Å². The first-order valence-electron chi connectivity index (χ1n) is 6.23. The Hall–Kier alpha value is -1.55. The van der Waals surface area contributed by atoms with Crippen molar-refractivity contribution in [2.24, 2.45) is 0 Å². The molecule has 4 heteroatoms. The average molecular weight is 251 g/mol. The second-order valence-electron chi connectivity index (χ2n) is 4.48. The van der Waals surface area contributed by atoms with Crippen molar-refractivity contribution in [3.05, 3.63) is 35.8 Å². The van der Waals surface area contributed by atoms with Crippen molar-refractivity contribution < 1.29 is 14.3 Å². The van der Waals surface area contributed by atoms with Crippen molar-refractivity contribution in [1.82, 2.24) is 5.32 Å². The molecule has 0 aliphatic heterocycles. The summed E-state index contributed by atoms with van der Waals surface area (Å²) in [7, 11) is 0. The molecule has 1 heterocycles. The number of carbonyl (C=O) groups is 1. The van der Waals surface area contributed by atoms with Gasteiger partial charge in [-0.1, -0.05) is 19.4 Å². The van der Waals surface area contributed by atoms with Crippen LogP contribution in [0.4, 0.5) is 0 Å². The maximum absolute atomic E-state index is 11.7. The largest absolute Gasteiger partial charge is 0.466 e. The number of aliphatic hydroxyl groups is 1. The Morgan fingerprint density at radius 2 is 2.17 bits per heavy atom. The lowest BCUT2D eigenvalue weighted by Gasteiger charge is -2.20. The maximum atomic E-state index is 11.7. The van der Waals surface area contributed by atoms with E-state index in [0.717, 1.165) is 18.4 Å². The number of rotatable bonds is 6. The zero-order valence-corrected chi connectivity index (χ0v) is 11.2. The van der Waals surface area contributed by atoms with E-state index in [9.17, 15) is 9.90 Å². The van der Waals surface area contributed by atoms with Crippen LogP contribution in [0.15, 0.2) is 34.5 Å². The zero-order valence-electron chi connectivity index (χ0n) is 11.2. The minimum absolute atomic E-state index is 0.122. The molecule has 0 bridgehead atoms. The SMILES string of the molecule is CCC(=CC(=O)NCC(C)(O)c1ccco1)CC. The van der Waals surface area contributed by atoms with E-state index in [-0.39, 0.29) is 12.5 Å². The van der Waals surface area contributed by atoms with Gasteiger partial charge in [0.25, 0.3) is 0 Å². The highest BCUT2D eigenvalue weighted by molar-refractivity contribution is 5.88. The van der Waals surface area contributed by atoms with E-state index in [1.165, 1.54) is 6.26 Å². The summed E-state index contributed by atoms with van der Waals surface area (Å²) in [5, 5.41) is 12.8. The van der Waals surface area contributed by atoms with E-state index in [1.54, 1.807) is 25.1 Å². The summed E-state index contributed by atoms with van der Waals surface area (Å²) >= 11 is 0. The van der Waals surface area contributed by atoms with Gasteiger partial charge >= 0.3 is 0 Å². The summed E-state index contributed by atoms with van der Waals surface area (Å²) in [6.07, 6.45) is 4.81. The number of allylic oxidation sites excluding steroid dienone is 1. The minimum atomic E-state index is -1.19. The Bertz CT molecular complexity index is 399. The Morgan fingerprint density at radius 1 is 1.50 bits per heavy atom. The average Bonchev–Trinajstić information content (AvgIpc) is 2.88. The Kier molecular flexibility index (Phi) is 5.16. The molecule has 18 heavy (non-hydrogen) atoms. The first-order chi connectivity index (χ1) is 8.49. The Balaban J connectivity index is 2.55. The molecular formula is C14H21NO3. The van der Waals surface area contributed by atoms with Crippen LogP contribution in [0.25, 0.3) is 0 Å². The molecule has 100 valence electrons. The number of furan rings is 1. The molecule has 0 spiro atoms. The van der Waals surface area contributed by atoms with Gasteiger partial charge in [0.2, 0.25) is 5.91 Å². The number of hydrogen-bond donors (Lipinski definition) is 2. The third-order valence-corrected chi connectivity index (χ3v) is 2.90. The van der Waals surface area contributed by atoms with Crippen LogP contribution in [0.2, 0.25) is 0 Å². The van der Waals surface area contributed by atoms with Gasteiger partial charge in [0.05, 0.1) is 12.8 Å². The lowest BCUT2D eigenvalue weighted by molar-refractivity contribution is -0.117. The summed E-state index contributed by atoms with van der Waals surface area (Å²) in [5.74, 6) is 0.263. The fraction of sp³-hybridized carbons (Fsp3) is 0.500. The molecule has 0 radical (unpaired) electrons. The number of carbonyl (C=O) groups excluding carboxylic acids is 1. The predicted octanol–water partition coefficient (Wildman–Crippen LogP) is 2.35. The van der Waals surface area contributed by atoms with Gasteiger partial charge in [-0.05, 0) is 31.9 Å². The third kappa shape index (κ3) is 4.04. The van der Waals surface area contributed by atoms with Crippen molar-refractivity contribution in [1.29, 1.82) is 0 Å². The molecule has 1 amide bonds. The van der Waals surface area contributed by atoms with E-state index < -0.39 is 5.60 Å². The molecule has 1 aromatic heterocycles. The van der Waals surface area contributed by atoms with E-state index in [1.807, 2.05) is 13.8 Å². The van der Waals surface area contributed by atoms with Crippen LogP contribution in [0, 0.1) is 0 Å². The summed E-state index contributed by atoms with van der Waals surface area (Å²) < 4.78 is 5.14. The quantitative estimate of drug-likeness (QED) is 0.763. The van der Waals surface area contributed by atoms with Gasteiger partial charge in [-0.25, -0.2) is 0 Å². The van der Waals surface area contributed by atoms with Gasteiger partial charge in [0.15, 0.2) is 0 Å². The monoisotopic (exact) mass is 251 g/mol. The fourth-order valence-electron chi connectivity index (χ4n) is 1.62. The van der Waals surface area contributed by atoms with Crippen LogP contribution < -0.4 is 5.32 Å². The summed E-state index contributed by atoms with van der Waals surface area (Å²) in [5.41, 5.74) is -0.101. The highest BCUT2D eigenvalue weighted by atomic mass is 16.4. The van der Waals surface area contributed by atoms with Gasteiger partial charge in [-0.2, -0.15) is 0 Å². The van der Waals surface area contributed by atoms with Gasteiger partial charge in [0.1, 0.15) is 11.4 Å². The second kappa shape index (κ2) is 6.40. The van der Waals surface area contributed by atoms with Gasteiger partial charge in [-0.3, -0.25) is 4.79 Å². The highest BCUT2D eigenvalue weighted by Crippen LogP contribution is 2.19. The van der Waals surface area contributed by atoms with Crippen molar-refractivity contribution >= 4 is 5.91 Å². The van der Waals surface area contributed by atoms with Gasteiger partial charge < -0.3 is 14.8 Å². The lowest BCUT2D eigenvalue weighted by Crippen LogP contribution is -2.37. The zero-order chi connectivity index (χ0) is 13.6. The smallest absolute Gasteiger partial charge is 0.244 e. The molecule has 2 N–H and O–H groups in total. The Morgan fingerprint density at radius 3 is 2.67 bits per heavy atom. The van der Waals surface area contributed by atoms with Crippen LogP contribution in [0.1, 0.15) is 39.4 Å². The van der Waals surface area contributed by atoms with Crippen LogP contribution >= 0.6 is 0 Å². The van der Waals surface area contributed by atoms with E-state index in [4.69, 9.17) is 4.42 Å². The van der Waals surface area contributed by atoms with Crippen molar-refractivity contribution in [3.8, 4) is 0 Å². The van der Waals surface area contributed by atoms with E-state index in [0.29, 0.717) is 5.76 Å². The van der Waals surface area contributed by atoms with Gasteiger partial charge in [-0.15, -0.1) is 0 Å². The molecule has 1 aromatic rings. The molecule has 1 rings (SSSR count). The molecule has 0 aliphatic carbocycles. The highest BCUT2D eigenvalue weighted by Gasteiger charge is 2.26. The van der Waals surface area contributed by atoms with E-state index in [2.05, 4.69) is 5.32 Å². The lowest BCUT2D eigenvalue weighted by atomic mass is 10.0. The molecular weight excluding hydrogens is 230 g/mol. The molecule has 4 nitrogen and oxygen atoms in total. The molecule has 0 fully saturated rings. The first-order valence-corrected chi connectivity index (χ1v) is 6.23. The van der Waals surface area contributed by atoms with Crippen LogP contribution in [0.3, 0.4) is 0 Å². The summed E-state index contributed by atoms with van der Waals surface area (Å²) in [6, 6.07) is 3.39. The van der Waals surface area contributed by atoms with Crippen molar-refractivity contribution in [2.75, 3.05) is 6.54 Å². The first kappa shape index (κ1) is 14.5. The minimum Gasteiger partial charge on any atom is -0.466 e.